The lowest BCUT2D eigenvalue weighted by molar-refractivity contribution is 0.489. The highest BCUT2D eigenvalue weighted by Crippen LogP contribution is 2.28. The summed E-state index contributed by atoms with van der Waals surface area (Å²) in [5.74, 6) is 0. The molecular formula is C19H23NO2S. The summed E-state index contributed by atoms with van der Waals surface area (Å²) in [7, 11) is -3.12. The molecule has 0 aliphatic heterocycles. The standard InChI is InChI=1S/C19H23NO2S/c1-23(21,22)17-12-10-15(11-13-17)14-20-19-9-5-3-7-16-6-2-4-8-18(16)19/h2,4,6,8,10-13,19-20H,3,5,7,9,14H2,1H3. The van der Waals surface area contributed by atoms with E-state index in [0.717, 1.165) is 24.9 Å². The molecule has 1 aliphatic carbocycles. The van der Waals surface area contributed by atoms with Crippen LogP contribution in [0, 0.1) is 0 Å². The number of hydrogen-bond acceptors (Lipinski definition) is 3. The highest BCUT2D eigenvalue weighted by atomic mass is 32.2. The number of nitrogens with one attached hydrogen (secondary N) is 1. The third-order valence-electron chi connectivity index (χ3n) is 4.52. The molecule has 1 unspecified atom stereocenters. The van der Waals surface area contributed by atoms with Gasteiger partial charge in [-0.1, -0.05) is 42.8 Å². The molecule has 0 heterocycles. The zero-order valence-corrected chi connectivity index (χ0v) is 14.3. The van der Waals surface area contributed by atoms with E-state index in [1.165, 1.54) is 30.2 Å². The van der Waals surface area contributed by atoms with Gasteiger partial charge in [-0.3, -0.25) is 0 Å². The highest BCUT2D eigenvalue weighted by Gasteiger charge is 2.17. The second kappa shape index (κ2) is 6.85. The van der Waals surface area contributed by atoms with Crippen LogP contribution in [-0.2, 0) is 22.8 Å². The number of sulfone groups is 1. The number of fused-ring (bicyclic) bond motifs is 1. The van der Waals surface area contributed by atoms with Crippen LogP contribution in [0.4, 0.5) is 0 Å². The lowest BCUT2D eigenvalue weighted by atomic mass is 9.99. The van der Waals surface area contributed by atoms with Gasteiger partial charge in [0.25, 0.3) is 0 Å². The lowest BCUT2D eigenvalue weighted by Gasteiger charge is -2.19. The van der Waals surface area contributed by atoms with Crippen molar-refractivity contribution in [1.29, 1.82) is 0 Å². The molecular weight excluding hydrogens is 306 g/mol. The lowest BCUT2D eigenvalue weighted by Crippen LogP contribution is -2.21. The van der Waals surface area contributed by atoms with E-state index in [1.807, 2.05) is 12.1 Å². The van der Waals surface area contributed by atoms with Crippen molar-refractivity contribution in [3.8, 4) is 0 Å². The van der Waals surface area contributed by atoms with E-state index in [1.54, 1.807) is 12.1 Å². The van der Waals surface area contributed by atoms with Crippen LogP contribution in [0.5, 0.6) is 0 Å². The number of rotatable bonds is 4. The minimum atomic E-state index is -3.12. The molecule has 1 N–H and O–H groups in total. The molecule has 1 atom stereocenters. The van der Waals surface area contributed by atoms with E-state index in [2.05, 4.69) is 29.6 Å². The van der Waals surface area contributed by atoms with E-state index >= 15 is 0 Å². The van der Waals surface area contributed by atoms with Gasteiger partial charge >= 0.3 is 0 Å². The Balaban J connectivity index is 1.71. The summed E-state index contributed by atoms with van der Waals surface area (Å²) in [5.41, 5.74) is 3.98. The fourth-order valence-electron chi connectivity index (χ4n) is 3.23. The average molecular weight is 329 g/mol. The average Bonchev–Trinajstić information content (AvgIpc) is 2.75. The number of benzene rings is 2. The molecule has 0 radical (unpaired) electrons. The Bertz CT molecular complexity index is 766. The summed E-state index contributed by atoms with van der Waals surface area (Å²) in [6.07, 6.45) is 6.04. The van der Waals surface area contributed by atoms with Gasteiger partial charge in [0.05, 0.1) is 4.90 Å². The van der Waals surface area contributed by atoms with Crippen molar-refractivity contribution < 1.29 is 8.42 Å². The van der Waals surface area contributed by atoms with Gasteiger partial charge in [0, 0.05) is 18.8 Å². The van der Waals surface area contributed by atoms with Gasteiger partial charge in [0.2, 0.25) is 0 Å². The maximum Gasteiger partial charge on any atom is 0.175 e. The molecule has 2 aromatic carbocycles. The topological polar surface area (TPSA) is 46.2 Å². The van der Waals surface area contributed by atoms with Crippen molar-refractivity contribution in [1.82, 2.24) is 5.32 Å². The molecule has 0 spiro atoms. The quantitative estimate of drug-likeness (QED) is 0.871. The van der Waals surface area contributed by atoms with Crippen molar-refractivity contribution in [2.75, 3.05) is 6.26 Å². The third kappa shape index (κ3) is 4.01. The summed E-state index contributed by atoms with van der Waals surface area (Å²) in [4.78, 5) is 0.376. The van der Waals surface area contributed by atoms with Gasteiger partial charge < -0.3 is 5.32 Å². The van der Waals surface area contributed by atoms with Crippen LogP contribution in [0.2, 0.25) is 0 Å². The number of aryl methyl sites for hydroxylation is 1. The molecule has 4 heteroatoms. The van der Waals surface area contributed by atoms with Crippen LogP contribution in [0.25, 0.3) is 0 Å². The summed E-state index contributed by atoms with van der Waals surface area (Å²) in [5, 5.41) is 3.64. The van der Waals surface area contributed by atoms with Crippen molar-refractivity contribution in [3.05, 3.63) is 65.2 Å². The van der Waals surface area contributed by atoms with Crippen LogP contribution in [0.15, 0.2) is 53.4 Å². The Morgan fingerprint density at radius 2 is 1.78 bits per heavy atom. The first-order valence-corrected chi connectivity index (χ1v) is 10.0. The van der Waals surface area contributed by atoms with Gasteiger partial charge in [0.1, 0.15) is 0 Å². The minimum absolute atomic E-state index is 0.376. The molecule has 1 aliphatic rings. The molecule has 0 saturated carbocycles. The van der Waals surface area contributed by atoms with E-state index in [-0.39, 0.29) is 0 Å². The van der Waals surface area contributed by atoms with Crippen molar-refractivity contribution in [3.63, 3.8) is 0 Å². The Kier molecular flexibility index (Phi) is 4.83. The van der Waals surface area contributed by atoms with Crippen LogP contribution >= 0.6 is 0 Å². The van der Waals surface area contributed by atoms with Gasteiger partial charge in [0.15, 0.2) is 9.84 Å². The summed E-state index contributed by atoms with van der Waals surface area (Å²) < 4.78 is 23.0. The normalized spacial score (nSPS) is 18.2. The zero-order valence-electron chi connectivity index (χ0n) is 13.5. The van der Waals surface area contributed by atoms with Crippen LogP contribution in [0.3, 0.4) is 0 Å². The zero-order chi connectivity index (χ0) is 16.3. The Morgan fingerprint density at radius 3 is 2.52 bits per heavy atom. The first-order chi connectivity index (χ1) is 11.0. The molecule has 0 saturated heterocycles. The monoisotopic (exact) mass is 329 g/mol. The number of hydrogen-bond donors (Lipinski definition) is 1. The summed E-state index contributed by atoms with van der Waals surface area (Å²) in [6, 6.07) is 16.2. The Labute approximate surface area is 138 Å². The van der Waals surface area contributed by atoms with Crippen LogP contribution in [-0.4, -0.2) is 14.7 Å². The predicted molar refractivity (Wildman–Crippen MR) is 93.1 cm³/mol. The summed E-state index contributed by atoms with van der Waals surface area (Å²) >= 11 is 0. The molecule has 0 amide bonds. The molecule has 23 heavy (non-hydrogen) atoms. The second-order valence-electron chi connectivity index (χ2n) is 6.29. The fraction of sp³-hybridized carbons (Fsp3) is 0.368. The molecule has 0 fully saturated rings. The molecule has 0 aromatic heterocycles. The van der Waals surface area contributed by atoms with Gasteiger partial charge in [-0.05, 0) is 48.1 Å². The van der Waals surface area contributed by atoms with E-state index in [0.29, 0.717) is 10.9 Å². The van der Waals surface area contributed by atoms with Crippen molar-refractivity contribution in [2.24, 2.45) is 0 Å². The fourth-order valence-corrected chi connectivity index (χ4v) is 3.86. The maximum atomic E-state index is 11.5. The molecule has 0 bridgehead atoms. The SMILES string of the molecule is CS(=O)(=O)c1ccc(CNC2CCCCc3ccccc32)cc1. The largest absolute Gasteiger partial charge is 0.306 e. The second-order valence-corrected chi connectivity index (χ2v) is 8.31. The first-order valence-electron chi connectivity index (χ1n) is 8.14. The van der Waals surface area contributed by atoms with Crippen LogP contribution in [0.1, 0.15) is 42.0 Å². The smallest absolute Gasteiger partial charge is 0.175 e. The predicted octanol–water partition coefficient (Wildman–Crippen LogP) is 3.65. The minimum Gasteiger partial charge on any atom is -0.306 e. The van der Waals surface area contributed by atoms with E-state index in [9.17, 15) is 8.42 Å². The molecule has 3 nitrogen and oxygen atoms in total. The highest BCUT2D eigenvalue weighted by molar-refractivity contribution is 7.90. The van der Waals surface area contributed by atoms with Crippen molar-refractivity contribution in [2.45, 2.75) is 43.2 Å². The van der Waals surface area contributed by atoms with Gasteiger partial charge in [-0.15, -0.1) is 0 Å². The molecule has 2 aromatic rings. The molecule has 122 valence electrons. The van der Waals surface area contributed by atoms with Gasteiger partial charge in [-0.25, -0.2) is 8.42 Å². The first kappa shape index (κ1) is 16.2. The van der Waals surface area contributed by atoms with Gasteiger partial charge in [-0.2, -0.15) is 0 Å². The van der Waals surface area contributed by atoms with Crippen LogP contribution < -0.4 is 5.32 Å². The van der Waals surface area contributed by atoms with E-state index < -0.39 is 9.84 Å². The molecule has 3 rings (SSSR count). The maximum absolute atomic E-state index is 11.5. The van der Waals surface area contributed by atoms with Crippen molar-refractivity contribution >= 4 is 9.84 Å². The third-order valence-corrected chi connectivity index (χ3v) is 5.65. The Morgan fingerprint density at radius 1 is 1.04 bits per heavy atom. The Hall–Kier alpha value is -1.65. The summed E-state index contributed by atoms with van der Waals surface area (Å²) in [6.45, 7) is 0.753. The van der Waals surface area contributed by atoms with E-state index in [4.69, 9.17) is 0 Å².